The van der Waals surface area contributed by atoms with Gasteiger partial charge in [0.15, 0.2) is 6.10 Å². The van der Waals surface area contributed by atoms with Gasteiger partial charge in [0, 0.05) is 23.1 Å². The standard InChI is InChI=1S/C24H26N2O4/c1-17-14-23(27)30-22-15-20(8-9-21(17)22)29-18(2)24(28)26-12-10-25(11-13-26)16-19-6-4-3-5-7-19/h3-9,14-15,18H,10-13,16H2,1-2H3/p+1/t18-/m1/s1. The van der Waals surface area contributed by atoms with Gasteiger partial charge in [-0.05, 0) is 31.5 Å². The number of hydrogen-bond acceptors (Lipinski definition) is 4. The average molecular weight is 407 g/mol. The first-order chi connectivity index (χ1) is 14.5. The Morgan fingerprint density at radius 2 is 1.87 bits per heavy atom. The Morgan fingerprint density at radius 3 is 2.60 bits per heavy atom. The lowest BCUT2D eigenvalue weighted by Crippen LogP contribution is -3.13. The number of carbonyl (C=O) groups excluding carboxylic acids is 1. The molecule has 0 bridgehead atoms. The van der Waals surface area contributed by atoms with Crippen molar-refractivity contribution in [1.82, 2.24) is 4.90 Å². The molecule has 2 aromatic carbocycles. The number of aryl methyl sites for hydroxylation is 1. The number of amides is 1. The first kappa shape index (κ1) is 20.2. The summed E-state index contributed by atoms with van der Waals surface area (Å²) in [6.07, 6.45) is -0.602. The van der Waals surface area contributed by atoms with Gasteiger partial charge < -0.3 is 19.0 Å². The summed E-state index contributed by atoms with van der Waals surface area (Å²) in [4.78, 5) is 27.8. The van der Waals surface area contributed by atoms with Gasteiger partial charge in [0.1, 0.15) is 17.9 Å². The average Bonchev–Trinajstić information content (AvgIpc) is 2.74. The minimum atomic E-state index is -0.602. The summed E-state index contributed by atoms with van der Waals surface area (Å²) < 4.78 is 11.1. The van der Waals surface area contributed by atoms with Crippen LogP contribution in [-0.4, -0.2) is 43.1 Å². The van der Waals surface area contributed by atoms with Crippen molar-refractivity contribution in [2.24, 2.45) is 0 Å². The Morgan fingerprint density at radius 1 is 1.13 bits per heavy atom. The molecule has 1 aliphatic rings. The molecular weight excluding hydrogens is 380 g/mol. The van der Waals surface area contributed by atoms with Gasteiger partial charge in [-0.3, -0.25) is 4.79 Å². The number of piperazine rings is 1. The van der Waals surface area contributed by atoms with Gasteiger partial charge in [-0.1, -0.05) is 30.3 Å². The minimum absolute atomic E-state index is 0.0143. The van der Waals surface area contributed by atoms with E-state index in [1.54, 1.807) is 19.1 Å². The van der Waals surface area contributed by atoms with E-state index in [0.29, 0.717) is 11.3 Å². The van der Waals surface area contributed by atoms with Crippen molar-refractivity contribution >= 4 is 16.9 Å². The molecule has 6 heteroatoms. The zero-order valence-corrected chi connectivity index (χ0v) is 17.4. The largest absolute Gasteiger partial charge is 0.481 e. The minimum Gasteiger partial charge on any atom is -0.481 e. The molecule has 1 aliphatic heterocycles. The number of nitrogens with zero attached hydrogens (tertiary/aromatic N) is 1. The van der Waals surface area contributed by atoms with Crippen molar-refractivity contribution < 1.29 is 18.8 Å². The molecule has 1 atom stereocenters. The second-order valence-electron chi connectivity index (χ2n) is 7.90. The zero-order chi connectivity index (χ0) is 21.1. The van der Waals surface area contributed by atoms with Crippen LogP contribution >= 0.6 is 0 Å². The van der Waals surface area contributed by atoms with Crippen molar-refractivity contribution in [3.8, 4) is 5.75 Å². The van der Waals surface area contributed by atoms with Crippen LogP contribution in [0.5, 0.6) is 5.75 Å². The van der Waals surface area contributed by atoms with E-state index in [1.165, 1.54) is 16.5 Å². The van der Waals surface area contributed by atoms with Gasteiger partial charge in [-0.15, -0.1) is 0 Å². The highest BCUT2D eigenvalue weighted by Gasteiger charge is 2.28. The van der Waals surface area contributed by atoms with Gasteiger partial charge in [-0.2, -0.15) is 0 Å². The normalized spacial score (nSPS) is 15.9. The molecule has 4 rings (SSSR count). The van der Waals surface area contributed by atoms with E-state index in [9.17, 15) is 9.59 Å². The van der Waals surface area contributed by atoms with Gasteiger partial charge in [-0.25, -0.2) is 4.79 Å². The van der Waals surface area contributed by atoms with Gasteiger partial charge in [0.2, 0.25) is 0 Å². The number of rotatable bonds is 5. The van der Waals surface area contributed by atoms with Crippen LogP contribution in [0.2, 0.25) is 0 Å². The van der Waals surface area contributed by atoms with Crippen LogP contribution in [0.3, 0.4) is 0 Å². The smallest absolute Gasteiger partial charge is 0.336 e. The molecule has 1 aromatic heterocycles. The van der Waals surface area contributed by atoms with Crippen LogP contribution in [-0.2, 0) is 11.3 Å². The molecule has 0 radical (unpaired) electrons. The van der Waals surface area contributed by atoms with Crippen LogP contribution in [0.15, 0.2) is 63.8 Å². The number of ether oxygens (including phenoxy) is 1. The Hall–Kier alpha value is -3.12. The molecule has 3 aromatic rings. The highest BCUT2D eigenvalue weighted by molar-refractivity contribution is 5.82. The third kappa shape index (κ3) is 4.54. The fraction of sp³-hybridized carbons (Fsp3) is 0.333. The van der Waals surface area contributed by atoms with Gasteiger partial charge in [0.25, 0.3) is 5.91 Å². The summed E-state index contributed by atoms with van der Waals surface area (Å²) in [6, 6.07) is 17.2. The second kappa shape index (κ2) is 8.71. The third-order valence-electron chi connectivity index (χ3n) is 5.66. The number of nitrogens with one attached hydrogen (secondary N) is 1. The monoisotopic (exact) mass is 407 g/mol. The summed E-state index contributed by atoms with van der Waals surface area (Å²) >= 11 is 0. The maximum atomic E-state index is 12.9. The van der Waals surface area contributed by atoms with E-state index < -0.39 is 11.7 Å². The topological polar surface area (TPSA) is 64.2 Å². The lowest BCUT2D eigenvalue weighted by molar-refractivity contribution is -0.917. The van der Waals surface area contributed by atoms with Crippen LogP contribution < -0.4 is 15.3 Å². The van der Waals surface area contributed by atoms with Crippen LogP contribution in [0.4, 0.5) is 0 Å². The Labute approximate surface area is 175 Å². The zero-order valence-electron chi connectivity index (χ0n) is 17.4. The fourth-order valence-electron chi connectivity index (χ4n) is 3.99. The molecule has 156 valence electrons. The molecule has 1 amide bonds. The van der Waals surface area contributed by atoms with Gasteiger partial charge in [0.05, 0.1) is 26.2 Å². The third-order valence-corrected chi connectivity index (χ3v) is 5.66. The molecule has 1 N–H and O–H groups in total. The molecule has 0 saturated carbocycles. The van der Waals surface area contributed by atoms with Crippen LogP contribution in [0.1, 0.15) is 18.1 Å². The van der Waals surface area contributed by atoms with E-state index in [2.05, 4.69) is 24.3 Å². The molecule has 0 spiro atoms. The van der Waals surface area contributed by atoms with Crippen molar-refractivity contribution in [2.45, 2.75) is 26.5 Å². The highest BCUT2D eigenvalue weighted by atomic mass is 16.5. The van der Waals surface area contributed by atoms with Crippen molar-refractivity contribution in [3.05, 3.63) is 76.1 Å². The van der Waals surface area contributed by atoms with Gasteiger partial charge >= 0.3 is 5.63 Å². The summed E-state index contributed by atoms with van der Waals surface area (Å²) in [5.41, 5.74) is 2.25. The molecule has 1 saturated heterocycles. The fourth-order valence-corrected chi connectivity index (χ4v) is 3.99. The molecule has 30 heavy (non-hydrogen) atoms. The maximum Gasteiger partial charge on any atom is 0.336 e. The SMILES string of the molecule is Cc1cc(=O)oc2cc(O[C@H](C)C(=O)N3CC[NH+](Cc4ccccc4)CC3)ccc12. The predicted molar refractivity (Wildman–Crippen MR) is 115 cm³/mol. The molecule has 0 aliphatic carbocycles. The molecule has 6 nitrogen and oxygen atoms in total. The van der Waals surface area contributed by atoms with E-state index in [1.807, 2.05) is 24.0 Å². The molecular formula is C24H27N2O4+. The Kier molecular flexibility index (Phi) is 5.86. The van der Waals surface area contributed by atoms with Crippen LogP contribution in [0.25, 0.3) is 11.0 Å². The van der Waals surface area contributed by atoms with Crippen molar-refractivity contribution in [3.63, 3.8) is 0 Å². The summed E-state index contributed by atoms with van der Waals surface area (Å²) in [6.45, 7) is 7.91. The summed E-state index contributed by atoms with van der Waals surface area (Å²) in [7, 11) is 0. The van der Waals surface area contributed by atoms with E-state index in [4.69, 9.17) is 9.15 Å². The van der Waals surface area contributed by atoms with Crippen molar-refractivity contribution in [1.29, 1.82) is 0 Å². The predicted octanol–water partition coefficient (Wildman–Crippen LogP) is 1.80. The first-order valence-corrected chi connectivity index (χ1v) is 10.4. The molecule has 1 fully saturated rings. The molecule has 2 heterocycles. The quantitative estimate of drug-likeness (QED) is 0.655. The number of carbonyl (C=O) groups is 1. The number of fused-ring (bicyclic) bond motifs is 1. The van der Waals surface area contributed by atoms with E-state index in [-0.39, 0.29) is 5.91 Å². The Bertz CT molecular complexity index is 1090. The first-order valence-electron chi connectivity index (χ1n) is 10.4. The number of hydrogen-bond donors (Lipinski definition) is 1. The second-order valence-corrected chi connectivity index (χ2v) is 7.90. The van der Waals surface area contributed by atoms with E-state index >= 15 is 0 Å². The Balaban J connectivity index is 1.35. The highest BCUT2D eigenvalue weighted by Crippen LogP contribution is 2.23. The molecule has 0 unspecified atom stereocenters. The van der Waals surface area contributed by atoms with Crippen molar-refractivity contribution in [2.75, 3.05) is 26.2 Å². The lowest BCUT2D eigenvalue weighted by Gasteiger charge is -2.33. The van der Waals surface area contributed by atoms with E-state index in [0.717, 1.165) is 43.7 Å². The maximum absolute atomic E-state index is 12.9. The number of benzene rings is 2. The number of quaternary nitrogens is 1. The summed E-state index contributed by atoms with van der Waals surface area (Å²) in [5.74, 6) is 0.505. The van der Waals surface area contributed by atoms with Crippen LogP contribution in [0, 0.1) is 6.92 Å². The lowest BCUT2D eigenvalue weighted by atomic mass is 10.1. The summed E-state index contributed by atoms with van der Waals surface area (Å²) in [5, 5.41) is 0.860.